The molecule has 2 aromatic heterocycles. The summed E-state index contributed by atoms with van der Waals surface area (Å²) in [7, 11) is 0. The van der Waals surface area contributed by atoms with Crippen molar-refractivity contribution in [2.75, 3.05) is 0 Å². The van der Waals surface area contributed by atoms with Gasteiger partial charge in [0.2, 0.25) is 0 Å². The molecular formula is C24H13F6N5. The number of aromatic nitrogens is 4. The van der Waals surface area contributed by atoms with Gasteiger partial charge >= 0.3 is 12.4 Å². The fourth-order valence-electron chi connectivity index (χ4n) is 3.38. The van der Waals surface area contributed by atoms with Gasteiger partial charge in [-0.15, -0.1) is 5.10 Å². The lowest BCUT2D eigenvalue weighted by molar-refractivity contribution is -0.137. The minimum Gasteiger partial charge on any atom is -0.265 e. The molecule has 0 radical (unpaired) electrons. The first kappa shape index (κ1) is 23.7. The zero-order valence-electron chi connectivity index (χ0n) is 17.5. The van der Waals surface area contributed by atoms with Crippen LogP contribution in [0.2, 0.25) is 0 Å². The summed E-state index contributed by atoms with van der Waals surface area (Å²) in [6, 6.07) is 13.9. The Labute approximate surface area is 194 Å². The van der Waals surface area contributed by atoms with Crippen LogP contribution < -0.4 is 0 Å². The van der Waals surface area contributed by atoms with Crippen molar-refractivity contribution < 1.29 is 26.3 Å². The fraction of sp³-hybridized carbons (Fsp3) is 0.0833. The summed E-state index contributed by atoms with van der Waals surface area (Å²) >= 11 is 0. The molecule has 0 spiro atoms. The molecular weight excluding hydrogens is 472 g/mol. The van der Waals surface area contributed by atoms with Crippen LogP contribution >= 0.6 is 0 Å². The van der Waals surface area contributed by atoms with Crippen molar-refractivity contribution in [2.45, 2.75) is 12.4 Å². The Morgan fingerprint density at radius 1 is 0.800 bits per heavy atom. The van der Waals surface area contributed by atoms with Crippen LogP contribution in [0.4, 0.5) is 26.3 Å². The monoisotopic (exact) mass is 485 g/mol. The molecule has 0 aliphatic carbocycles. The highest BCUT2D eigenvalue weighted by atomic mass is 19.4. The third-order valence-corrected chi connectivity index (χ3v) is 4.94. The number of pyridine rings is 1. The quantitative estimate of drug-likeness (QED) is 0.242. The molecule has 0 saturated carbocycles. The van der Waals surface area contributed by atoms with E-state index in [0.717, 1.165) is 35.1 Å². The standard InChI is InChI=1S/C24H13F6N5/c25-23(26,27)19-7-3-1-5-17(19)21-33-22(18-6-2-4-8-20(18)24(28,29)30)35(34-21)14-16(13-31)15-9-11-32-12-10-15/h1-12,14H/b16-14-. The molecule has 2 heterocycles. The first-order valence-electron chi connectivity index (χ1n) is 9.91. The SMILES string of the molecule is N#C/C(=C/n1nc(-c2ccccc2C(F)(F)F)nc1-c1ccccc1C(F)(F)F)c1ccncc1. The summed E-state index contributed by atoms with van der Waals surface area (Å²) in [6.45, 7) is 0. The van der Waals surface area contributed by atoms with Gasteiger partial charge in [0.25, 0.3) is 0 Å². The molecule has 0 atom stereocenters. The highest BCUT2D eigenvalue weighted by molar-refractivity contribution is 5.86. The number of hydrogen-bond donors (Lipinski definition) is 0. The van der Waals surface area contributed by atoms with Crippen molar-refractivity contribution in [2.24, 2.45) is 0 Å². The second-order valence-electron chi connectivity index (χ2n) is 7.18. The van der Waals surface area contributed by atoms with Crippen LogP contribution in [-0.4, -0.2) is 19.7 Å². The maximum atomic E-state index is 13.7. The van der Waals surface area contributed by atoms with Crippen molar-refractivity contribution in [3.8, 4) is 28.8 Å². The van der Waals surface area contributed by atoms with E-state index in [9.17, 15) is 31.6 Å². The van der Waals surface area contributed by atoms with Crippen molar-refractivity contribution in [3.05, 3.63) is 89.7 Å². The minimum atomic E-state index is -4.77. The average molecular weight is 485 g/mol. The van der Waals surface area contributed by atoms with E-state index in [2.05, 4.69) is 15.1 Å². The summed E-state index contributed by atoms with van der Waals surface area (Å²) in [4.78, 5) is 7.91. The van der Waals surface area contributed by atoms with Gasteiger partial charge < -0.3 is 0 Å². The van der Waals surface area contributed by atoms with Crippen LogP contribution in [0.25, 0.3) is 34.5 Å². The molecule has 0 saturated heterocycles. The molecule has 0 aliphatic heterocycles. The zero-order valence-corrected chi connectivity index (χ0v) is 17.5. The molecule has 2 aromatic carbocycles. The van der Waals surface area contributed by atoms with Crippen LogP contribution in [0, 0.1) is 11.3 Å². The van der Waals surface area contributed by atoms with Crippen LogP contribution in [0.5, 0.6) is 0 Å². The molecule has 5 nitrogen and oxygen atoms in total. The predicted molar refractivity (Wildman–Crippen MR) is 115 cm³/mol. The smallest absolute Gasteiger partial charge is 0.265 e. The van der Waals surface area contributed by atoms with E-state index in [1.54, 1.807) is 0 Å². The molecule has 0 amide bonds. The molecule has 0 unspecified atom stereocenters. The average Bonchev–Trinajstić information content (AvgIpc) is 3.25. The third-order valence-electron chi connectivity index (χ3n) is 4.94. The third kappa shape index (κ3) is 4.91. The molecule has 0 bridgehead atoms. The molecule has 4 rings (SSSR count). The molecule has 35 heavy (non-hydrogen) atoms. The van der Waals surface area contributed by atoms with Crippen LogP contribution in [0.3, 0.4) is 0 Å². The van der Waals surface area contributed by atoms with Crippen molar-refractivity contribution in [1.82, 2.24) is 19.7 Å². The first-order valence-corrected chi connectivity index (χ1v) is 9.91. The fourth-order valence-corrected chi connectivity index (χ4v) is 3.38. The van der Waals surface area contributed by atoms with Crippen LogP contribution in [0.1, 0.15) is 16.7 Å². The lowest BCUT2D eigenvalue weighted by atomic mass is 10.1. The van der Waals surface area contributed by atoms with Gasteiger partial charge in [-0.05, 0) is 29.8 Å². The number of alkyl halides is 6. The van der Waals surface area contributed by atoms with E-state index in [-0.39, 0.29) is 11.4 Å². The summed E-state index contributed by atoms with van der Waals surface area (Å²) in [5.41, 5.74) is -2.57. The van der Waals surface area contributed by atoms with Crippen molar-refractivity contribution in [1.29, 1.82) is 5.26 Å². The first-order chi connectivity index (χ1) is 16.6. The number of nitriles is 1. The van der Waals surface area contributed by atoms with Crippen molar-refractivity contribution in [3.63, 3.8) is 0 Å². The normalized spacial score (nSPS) is 12.4. The number of benzene rings is 2. The maximum absolute atomic E-state index is 13.7. The van der Waals surface area contributed by atoms with Gasteiger partial charge in [0.1, 0.15) is 6.07 Å². The minimum absolute atomic E-state index is 0.0151. The van der Waals surface area contributed by atoms with Gasteiger partial charge in [0.05, 0.1) is 16.7 Å². The Morgan fingerprint density at radius 2 is 1.34 bits per heavy atom. The van der Waals surface area contributed by atoms with E-state index in [4.69, 9.17) is 0 Å². The second-order valence-corrected chi connectivity index (χ2v) is 7.18. The van der Waals surface area contributed by atoms with E-state index in [1.165, 1.54) is 48.8 Å². The molecule has 11 heteroatoms. The zero-order chi connectivity index (χ0) is 25.2. The lowest BCUT2D eigenvalue weighted by Crippen LogP contribution is -2.08. The Balaban J connectivity index is 2.00. The molecule has 0 fully saturated rings. The molecule has 4 aromatic rings. The summed E-state index contributed by atoms with van der Waals surface area (Å²) in [5, 5.41) is 13.7. The summed E-state index contributed by atoms with van der Waals surface area (Å²) < 4.78 is 82.9. The number of nitrogens with zero attached hydrogens (tertiary/aromatic N) is 5. The largest absolute Gasteiger partial charge is 0.417 e. The Kier molecular flexibility index (Phi) is 6.13. The number of allylic oxidation sites excluding steroid dienone is 1. The van der Waals surface area contributed by atoms with Crippen LogP contribution in [-0.2, 0) is 12.4 Å². The number of halogens is 6. The van der Waals surface area contributed by atoms with E-state index < -0.39 is 40.4 Å². The molecule has 176 valence electrons. The summed E-state index contributed by atoms with van der Waals surface area (Å²) in [6.07, 6.45) is -5.59. The highest BCUT2D eigenvalue weighted by Crippen LogP contribution is 2.39. The maximum Gasteiger partial charge on any atom is 0.417 e. The van der Waals surface area contributed by atoms with Crippen molar-refractivity contribution >= 4 is 11.8 Å². The van der Waals surface area contributed by atoms with Gasteiger partial charge in [0.15, 0.2) is 11.6 Å². The Bertz CT molecular complexity index is 1430. The van der Waals surface area contributed by atoms with E-state index >= 15 is 0 Å². The van der Waals surface area contributed by atoms with Gasteiger partial charge in [-0.1, -0.05) is 36.4 Å². The molecule has 0 N–H and O–H groups in total. The lowest BCUT2D eigenvalue weighted by Gasteiger charge is -2.12. The Hall–Kier alpha value is -4.46. The number of hydrogen-bond acceptors (Lipinski definition) is 4. The molecule has 0 aliphatic rings. The van der Waals surface area contributed by atoms with Gasteiger partial charge in [0, 0.05) is 29.7 Å². The second kappa shape index (κ2) is 9.06. The predicted octanol–water partition coefficient (Wildman–Crippen LogP) is 6.57. The summed E-state index contributed by atoms with van der Waals surface area (Å²) in [5.74, 6) is -0.833. The highest BCUT2D eigenvalue weighted by Gasteiger charge is 2.36. The van der Waals surface area contributed by atoms with Gasteiger partial charge in [-0.3, -0.25) is 4.98 Å². The topological polar surface area (TPSA) is 67.4 Å². The van der Waals surface area contributed by atoms with E-state index in [1.807, 2.05) is 6.07 Å². The number of rotatable bonds is 4. The van der Waals surface area contributed by atoms with Gasteiger partial charge in [-0.25, -0.2) is 9.67 Å². The van der Waals surface area contributed by atoms with E-state index in [0.29, 0.717) is 5.56 Å². The Morgan fingerprint density at radius 3 is 1.91 bits per heavy atom. The van der Waals surface area contributed by atoms with Crippen LogP contribution in [0.15, 0.2) is 73.1 Å². The van der Waals surface area contributed by atoms with Gasteiger partial charge in [-0.2, -0.15) is 31.6 Å².